The zero-order chi connectivity index (χ0) is 18.7. The fraction of sp³-hybridized carbons (Fsp3) is 0.294. The fourth-order valence-electron chi connectivity index (χ4n) is 2.25. The molecule has 0 aliphatic heterocycles. The van der Waals surface area contributed by atoms with Gasteiger partial charge in [-0.15, -0.1) is 0 Å². The number of sulfone groups is 1. The third kappa shape index (κ3) is 3.69. The molecule has 8 heteroatoms. The summed E-state index contributed by atoms with van der Waals surface area (Å²) in [4.78, 5) is -0.935. The molecule has 25 heavy (non-hydrogen) atoms. The van der Waals surface area contributed by atoms with Crippen molar-refractivity contribution in [3.8, 4) is 0 Å². The number of rotatable bonds is 7. The van der Waals surface area contributed by atoms with Crippen molar-refractivity contribution in [2.75, 3.05) is 0 Å². The topological polar surface area (TPSA) is 54.4 Å². The molecule has 0 aliphatic rings. The van der Waals surface area contributed by atoms with Crippen LogP contribution in [-0.4, -0.2) is 30.8 Å². The van der Waals surface area contributed by atoms with E-state index >= 15 is 0 Å². The highest BCUT2D eigenvalue weighted by molar-refractivity contribution is 7.92. The average molecular weight is 376 g/mol. The van der Waals surface area contributed by atoms with E-state index in [9.17, 15) is 31.1 Å². The van der Waals surface area contributed by atoms with Crippen LogP contribution in [-0.2, 0) is 16.3 Å². The molecule has 0 spiro atoms. The number of aryl methyl sites for hydroxylation is 1. The number of hydrogen-bond acceptors (Lipinski definition) is 3. The molecule has 1 N–H and O–H groups in total. The second-order valence-corrected chi connectivity index (χ2v) is 7.49. The maximum Gasteiger partial charge on any atom is 0.414 e. The Kier molecular flexibility index (Phi) is 5.53. The molecule has 0 heterocycles. The first-order valence-electron chi connectivity index (χ1n) is 7.38. The number of hydrogen-bond donors (Lipinski definition) is 1. The molecule has 1 unspecified atom stereocenters. The van der Waals surface area contributed by atoms with Crippen molar-refractivity contribution >= 4 is 9.84 Å². The zero-order valence-corrected chi connectivity index (χ0v) is 13.8. The minimum Gasteiger partial charge on any atom is -0.387 e. The van der Waals surface area contributed by atoms with E-state index in [0.717, 1.165) is 24.3 Å². The number of aliphatic hydroxyl groups excluding tert-OH is 1. The van der Waals surface area contributed by atoms with Crippen LogP contribution in [0.1, 0.15) is 12.0 Å². The van der Waals surface area contributed by atoms with Crippen molar-refractivity contribution in [1.29, 1.82) is 0 Å². The van der Waals surface area contributed by atoms with Gasteiger partial charge < -0.3 is 5.11 Å². The molecular formula is C17H16F4O3S. The molecule has 2 rings (SSSR count). The second-order valence-electron chi connectivity index (χ2n) is 5.50. The second kappa shape index (κ2) is 7.13. The molecule has 0 radical (unpaired) electrons. The van der Waals surface area contributed by atoms with Crippen LogP contribution in [0, 0.1) is 0 Å². The summed E-state index contributed by atoms with van der Waals surface area (Å²) in [6, 6.07) is 13.4. The van der Waals surface area contributed by atoms with E-state index in [0.29, 0.717) is 5.56 Å². The first-order valence-corrected chi connectivity index (χ1v) is 8.86. The average Bonchev–Trinajstić information content (AvgIpc) is 2.60. The van der Waals surface area contributed by atoms with Crippen molar-refractivity contribution in [2.45, 2.75) is 35.0 Å². The maximum absolute atomic E-state index is 14.1. The Labute approximate surface area is 142 Å². The molecule has 136 valence electrons. The molecule has 0 aliphatic carbocycles. The lowest BCUT2D eigenvalue weighted by molar-refractivity contribution is -0.213. The van der Waals surface area contributed by atoms with Crippen LogP contribution < -0.4 is 0 Å². The quantitative estimate of drug-likeness (QED) is 0.750. The monoisotopic (exact) mass is 376 g/mol. The highest BCUT2D eigenvalue weighted by Crippen LogP contribution is 2.44. The lowest BCUT2D eigenvalue weighted by Crippen LogP contribution is -2.54. The summed E-state index contributed by atoms with van der Waals surface area (Å²) < 4.78 is 80.4. The van der Waals surface area contributed by atoms with Gasteiger partial charge in [0.25, 0.3) is 0 Å². The van der Waals surface area contributed by atoms with Gasteiger partial charge in [-0.3, -0.25) is 0 Å². The van der Waals surface area contributed by atoms with Gasteiger partial charge in [-0.25, -0.2) is 8.42 Å². The van der Waals surface area contributed by atoms with Crippen LogP contribution in [0.4, 0.5) is 17.6 Å². The Morgan fingerprint density at radius 1 is 0.880 bits per heavy atom. The number of aliphatic hydroxyl groups is 1. The van der Waals surface area contributed by atoms with Gasteiger partial charge in [0.2, 0.25) is 9.84 Å². The van der Waals surface area contributed by atoms with Crippen LogP contribution >= 0.6 is 0 Å². The molecule has 0 saturated carbocycles. The standard InChI is InChI=1S/C17H16F4O3S/c18-16(19,15(22)12-11-13-7-3-1-4-8-13)17(20,21)25(23,24)14-9-5-2-6-10-14/h1-10,15,22H,11-12H2. The van der Waals surface area contributed by atoms with Gasteiger partial charge in [0.15, 0.2) is 0 Å². The van der Waals surface area contributed by atoms with Crippen molar-refractivity contribution in [2.24, 2.45) is 0 Å². The normalized spacial score (nSPS) is 14.3. The van der Waals surface area contributed by atoms with Crippen LogP contribution in [0.25, 0.3) is 0 Å². The Hall–Kier alpha value is -1.93. The number of alkyl halides is 4. The summed E-state index contributed by atoms with van der Waals surface area (Å²) in [5, 5.41) is 4.14. The van der Waals surface area contributed by atoms with Gasteiger partial charge in [-0.1, -0.05) is 48.5 Å². The van der Waals surface area contributed by atoms with E-state index in [1.54, 1.807) is 30.3 Å². The molecule has 0 saturated heterocycles. The van der Waals surface area contributed by atoms with E-state index in [1.807, 2.05) is 0 Å². The summed E-state index contributed by atoms with van der Waals surface area (Å²) in [6.07, 6.45) is -3.63. The van der Waals surface area contributed by atoms with Crippen molar-refractivity contribution in [3.05, 3.63) is 66.2 Å². The molecule has 1 atom stereocenters. The van der Waals surface area contributed by atoms with Gasteiger partial charge >= 0.3 is 11.2 Å². The highest BCUT2D eigenvalue weighted by Gasteiger charge is 2.68. The molecule has 2 aromatic carbocycles. The first-order chi connectivity index (χ1) is 11.6. The van der Waals surface area contributed by atoms with Crippen LogP contribution in [0.2, 0.25) is 0 Å². The molecular weight excluding hydrogens is 360 g/mol. The Morgan fingerprint density at radius 3 is 1.88 bits per heavy atom. The third-order valence-electron chi connectivity index (χ3n) is 3.75. The van der Waals surface area contributed by atoms with E-state index in [4.69, 9.17) is 0 Å². The minimum absolute atomic E-state index is 0.0982. The van der Waals surface area contributed by atoms with Gasteiger partial charge in [0.1, 0.15) is 6.10 Å². The fourth-order valence-corrected chi connectivity index (χ4v) is 3.56. The summed E-state index contributed by atoms with van der Waals surface area (Å²) >= 11 is 0. The molecule has 2 aromatic rings. The SMILES string of the molecule is O=S(=O)(c1ccccc1)C(F)(F)C(F)(F)C(O)CCc1ccccc1. The van der Waals surface area contributed by atoms with Crippen LogP contribution in [0.5, 0.6) is 0 Å². The molecule has 0 bridgehead atoms. The maximum atomic E-state index is 14.1. The first kappa shape index (κ1) is 19.4. The molecule has 0 aromatic heterocycles. The van der Waals surface area contributed by atoms with E-state index < -0.39 is 38.4 Å². The van der Waals surface area contributed by atoms with E-state index in [1.165, 1.54) is 6.07 Å². The predicted molar refractivity (Wildman–Crippen MR) is 84.3 cm³/mol. The number of halogens is 4. The molecule has 0 fully saturated rings. The van der Waals surface area contributed by atoms with E-state index in [2.05, 4.69) is 0 Å². The predicted octanol–water partition coefficient (Wildman–Crippen LogP) is 3.68. The lowest BCUT2D eigenvalue weighted by atomic mass is 10.0. The van der Waals surface area contributed by atoms with Crippen LogP contribution in [0.15, 0.2) is 65.6 Å². The molecule has 0 amide bonds. The van der Waals surface area contributed by atoms with Crippen LogP contribution in [0.3, 0.4) is 0 Å². The zero-order valence-electron chi connectivity index (χ0n) is 12.9. The minimum atomic E-state index is -5.67. The summed E-state index contributed by atoms with van der Waals surface area (Å²) in [5.41, 5.74) is 0.562. The van der Waals surface area contributed by atoms with Gasteiger partial charge in [-0.05, 0) is 30.5 Å². The van der Waals surface area contributed by atoms with E-state index in [-0.39, 0.29) is 6.42 Å². The number of benzene rings is 2. The Balaban J connectivity index is 2.23. The van der Waals surface area contributed by atoms with Gasteiger partial charge in [-0.2, -0.15) is 17.6 Å². The largest absolute Gasteiger partial charge is 0.414 e. The van der Waals surface area contributed by atoms with Crippen molar-refractivity contribution in [3.63, 3.8) is 0 Å². The van der Waals surface area contributed by atoms with Gasteiger partial charge in [0, 0.05) is 0 Å². The summed E-state index contributed by atoms with van der Waals surface area (Å²) in [7, 11) is -5.67. The molecule has 3 nitrogen and oxygen atoms in total. The smallest absolute Gasteiger partial charge is 0.387 e. The van der Waals surface area contributed by atoms with Gasteiger partial charge in [0.05, 0.1) is 4.90 Å². The summed E-state index contributed by atoms with van der Waals surface area (Å²) in [6.45, 7) is 0. The lowest BCUT2D eigenvalue weighted by Gasteiger charge is -2.30. The van der Waals surface area contributed by atoms with Crippen molar-refractivity contribution in [1.82, 2.24) is 0 Å². The Morgan fingerprint density at radius 2 is 1.36 bits per heavy atom. The van der Waals surface area contributed by atoms with Crippen molar-refractivity contribution < 1.29 is 31.1 Å². The Bertz CT molecular complexity index is 793. The highest BCUT2D eigenvalue weighted by atomic mass is 32.2. The third-order valence-corrected chi connectivity index (χ3v) is 5.59. The summed E-state index contributed by atoms with van der Waals surface area (Å²) in [5.74, 6) is -5.14.